The molecule has 1 N–H and O–H groups in total. The first-order valence-corrected chi connectivity index (χ1v) is 3.46. The van der Waals surface area contributed by atoms with E-state index in [9.17, 15) is 4.79 Å². The van der Waals surface area contributed by atoms with Crippen molar-refractivity contribution in [2.24, 2.45) is 0 Å². The van der Waals surface area contributed by atoms with Gasteiger partial charge in [-0.3, -0.25) is 0 Å². The summed E-state index contributed by atoms with van der Waals surface area (Å²) in [6.45, 7) is 1.74. The maximum absolute atomic E-state index is 11.0. The lowest BCUT2D eigenvalue weighted by molar-refractivity contribution is 0.244. The summed E-state index contributed by atoms with van der Waals surface area (Å²) in [5.41, 5.74) is 0.648. The molecule has 0 aliphatic rings. The predicted octanol–water partition coefficient (Wildman–Crippen LogP) is 1.03. The molecule has 0 aliphatic carbocycles. The Bertz CT molecular complexity index is 281. The second kappa shape index (κ2) is 2.92. The van der Waals surface area contributed by atoms with Crippen molar-refractivity contribution in [2.45, 2.75) is 6.92 Å². The zero-order chi connectivity index (χ0) is 8.43. The van der Waals surface area contributed by atoms with Crippen LogP contribution in [0, 0.1) is 6.92 Å². The molecule has 1 heterocycles. The Balaban J connectivity index is 3.04. The lowest BCUT2D eigenvalue weighted by atomic mass is 10.6. The van der Waals surface area contributed by atoms with Crippen molar-refractivity contribution in [2.75, 3.05) is 7.05 Å². The number of halogens is 1. The Morgan fingerprint density at radius 2 is 2.45 bits per heavy atom. The van der Waals surface area contributed by atoms with Gasteiger partial charge in [-0.2, -0.15) is 0 Å². The van der Waals surface area contributed by atoms with Crippen LogP contribution in [0.5, 0.6) is 0 Å². The molecular weight excluding hydrogens is 166 g/mol. The summed E-state index contributed by atoms with van der Waals surface area (Å²) < 4.78 is 1.25. The fourth-order valence-corrected chi connectivity index (χ4v) is 0.854. The van der Waals surface area contributed by atoms with Crippen molar-refractivity contribution in [1.29, 1.82) is 0 Å². The van der Waals surface area contributed by atoms with Crippen molar-refractivity contribution in [3.63, 3.8) is 0 Å². The molecular formula is C6H8ClN3O. The molecule has 11 heavy (non-hydrogen) atoms. The van der Waals surface area contributed by atoms with Crippen LogP contribution >= 0.6 is 11.6 Å². The van der Waals surface area contributed by atoms with Gasteiger partial charge in [0.15, 0.2) is 0 Å². The van der Waals surface area contributed by atoms with Gasteiger partial charge in [0.1, 0.15) is 11.5 Å². The van der Waals surface area contributed by atoms with Gasteiger partial charge in [-0.25, -0.2) is 14.3 Å². The number of imidazole rings is 1. The minimum atomic E-state index is -0.282. The maximum Gasteiger partial charge on any atom is 0.327 e. The average molecular weight is 174 g/mol. The van der Waals surface area contributed by atoms with Crippen molar-refractivity contribution in [3.05, 3.63) is 17.2 Å². The van der Waals surface area contributed by atoms with Gasteiger partial charge >= 0.3 is 6.03 Å². The molecule has 0 aliphatic heterocycles. The topological polar surface area (TPSA) is 46.9 Å². The average Bonchev–Trinajstić information content (AvgIpc) is 2.32. The molecule has 0 fully saturated rings. The molecule has 0 saturated carbocycles. The number of nitrogens with one attached hydrogen (secondary N) is 1. The summed E-state index contributed by atoms with van der Waals surface area (Å²) in [5.74, 6) is 0. The summed E-state index contributed by atoms with van der Waals surface area (Å²) in [7, 11) is 1.54. The lowest BCUT2D eigenvalue weighted by Crippen LogP contribution is -2.23. The van der Waals surface area contributed by atoms with Gasteiger partial charge in [-0.05, 0) is 6.92 Å². The number of carbonyl (C=O) groups excluding carboxylic acids is 1. The highest BCUT2D eigenvalue weighted by Gasteiger charge is 2.08. The van der Waals surface area contributed by atoms with Crippen LogP contribution in [-0.2, 0) is 0 Å². The third kappa shape index (κ3) is 1.35. The van der Waals surface area contributed by atoms with Crippen LogP contribution in [0.4, 0.5) is 4.79 Å². The van der Waals surface area contributed by atoms with Gasteiger partial charge in [0, 0.05) is 7.05 Å². The van der Waals surface area contributed by atoms with E-state index in [2.05, 4.69) is 10.3 Å². The lowest BCUT2D eigenvalue weighted by Gasteiger charge is -1.99. The van der Waals surface area contributed by atoms with Crippen molar-refractivity contribution in [3.8, 4) is 0 Å². The van der Waals surface area contributed by atoms with Crippen molar-refractivity contribution in [1.82, 2.24) is 14.9 Å². The van der Waals surface area contributed by atoms with E-state index in [-0.39, 0.29) is 6.03 Å². The third-order valence-corrected chi connectivity index (χ3v) is 1.77. The van der Waals surface area contributed by atoms with Gasteiger partial charge in [0.05, 0.1) is 5.69 Å². The van der Waals surface area contributed by atoms with E-state index in [1.165, 1.54) is 17.9 Å². The highest BCUT2D eigenvalue weighted by Crippen LogP contribution is 2.11. The maximum atomic E-state index is 11.0. The SMILES string of the molecule is CNC(=O)n1cnc(C)c1Cl. The van der Waals surface area contributed by atoms with Crippen LogP contribution in [0.25, 0.3) is 0 Å². The predicted molar refractivity (Wildman–Crippen MR) is 41.8 cm³/mol. The monoisotopic (exact) mass is 173 g/mol. The minimum Gasteiger partial charge on any atom is -0.340 e. The Morgan fingerprint density at radius 3 is 2.82 bits per heavy atom. The van der Waals surface area contributed by atoms with Crippen LogP contribution in [-0.4, -0.2) is 22.6 Å². The molecule has 0 unspecified atom stereocenters. The molecule has 0 radical (unpaired) electrons. The standard InChI is InChI=1S/C6H8ClN3O/c1-4-5(7)10(3-9-4)6(11)8-2/h3H,1-2H3,(H,8,11). The number of amides is 1. The molecule has 1 rings (SSSR count). The van der Waals surface area contributed by atoms with Crippen LogP contribution in [0.1, 0.15) is 5.69 Å². The molecule has 1 amide bonds. The first-order valence-electron chi connectivity index (χ1n) is 3.08. The molecule has 0 spiro atoms. The molecule has 0 aromatic carbocycles. The highest BCUT2D eigenvalue weighted by molar-refractivity contribution is 6.31. The van der Waals surface area contributed by atoms with E-state index in [0.717, 1.165) is 0 Å². The fourth-order valence-electron chi connectivity index (χ4n) is 0.685. The van der Waals surface area contributed by atoms with Crippen LogP contribution in [0.15, 0.2) is 6.33 Å². The second-order valence-electron chi connectivity index (χ2n) is 2.05. The van der Waals surface area contributed by atoms with E-state index < -0.39 is 0 Å². The summed E-state index contributed by atoms with van der Waals surface area (Å²) in [6.07, 6.45) is 1.39. The van der Waals surface area contributed by atoms with E-state index >= 15 is 0 Å². The van der Waals surface area contributed by atoms with Gasteiger partial charge in [0.25, 0.3) is 0 Å². The van der Waals surface area contributed by atoms with Gasteiger partial charge < -0.3 is 5.32 Å². The molecule has 1 aromatic rings. The molecule has 0 bridgehead atoms. The summed E-state index contributed by atoms with van der Waals surface area (Å²) in [4.78, 5) is 14.8. The first-order chi connectivity index (χ1) is 5.16. The molecule has 0 atom stereocenters. The summed E-state index contributed by atoms with van der Waals surface area (Å²) >= 11 is 5.72. The van der Waals surface area contributed by atoms with E-state index in [0.29, 0.717) is 10.8 Å². The zero-order valence-electron chi connectivity index (χ0n) is 6.26. The Morgan fingerprint density at radius 1 is 1.82 bits per heavy atom. The highest BCUT2D eigenvalue weighted by atomic mass is 35.5. The van der Waals surface area contributed by atoms with Gasteiger partial charge in [0.2, 0.25) is 0 Å². The van der Waals surface area contributed by atoms with E-state index in [1.807, 2.05) is 0 Å². The summed E-state index contributed by atoms with van der Waals surface area (Å²) in [5, 5.41) is 2.79. The summed E-state index contributed by atoms with van der Waals surface area (Å²) in [6, 6.07) is -0.282. The van der Waals surface area contributed by atoms with Crippen molar-refractivity contribution < 1.29 is 4.79 Å². The normalized spacial score (nSPS) is 9.73. The smallest absolute Gasteiger partial charge is 0.327 e. The third-order valence-electron chi connectivity index (χ3n) is 1.31. The van der Waals surface area contributed by atoms with Gasteiger partial charge in [-0.1, -0.05) is 11.6 Å². The molecule has 0 saturated heterocycles. The Hall–Kier alpha value is -1.03. The number of hydrogen-bond acceptors (Lipinski definition) is 2. The minimum absolute atomic E-state index is 0.282. The largest absolute Gasteiger partial charge is 0.340 e. The van der Waals surface area contributed by atoms with Gasteiger partial charge in [-0.15, -0.1) is 0 Å². The second-order valence-corrected chi connectivity index (χ2v) is 2.40. The Labute approximate surface area is 69.2 Å². The number of carbonyl (C=O) groups is 1. The number of rotatable bonds is 0. The molecule has 60 valence electrons. The quantitative estimate of drug-likeness (QED) is 0.637. The number of hydrogen-bond donors (Lipinski definition) is 1. The fraction of sp³-hybridized carbons (Fsp3) is 0.333. The zero-order valence-corrected chi connectivity index (χ0v) is 7.01. The van der Waals surface area contributed by atoms with Crippen LogP contribution < -0.4 is 5.32 Å². The number of nitrogens with zero attached hydrogens (tertiary/aromatic N) is 2. The van der Waals surface area contributed by atoms with Crippen LogP contribution in [0.3, 0.4) is 0 Å². The van der Waals surface area contributed by atoms with E-state index in [4.69, 9.17) is 11.6 Å². The van der Waals surface area contributed by atoms with Crippen molar-refractivity contribution >= 4 is 17.6 Å². The van der Waals surface area contributed by atoms with E-state index in [1.54, 1.807) is 6.92 Å². The molecule has 1 aromatic heterocycles. The Kier molecular flexibility index (Phi) is 2.14. The number of aryl methyl sites for hydroxylation is 1. The molecule has 4 nitrogen and oxygen atoms in total. The van der Waals surface area contributed by atoms with Crippen LogP contribution in [0.2, 0.25) is 5.15 Å². The molecule has 5 heteroatoms. The number of aromatic nitrogens is 2. The first kappa shape index (κ1) is 8.07.